The summed E-state index contributed by atoms with van der Waals surface area (Å²) in [5, 5.41) is 17.8. The van der Waals surface area contributed by atoms with Crippen molar-refractivity contribution >= 4 is 17.7 Å². The average Bonchev–Trinajstić information content (AvgIpc) is 3.38. The van der Waals surface area contributed by atoms with Gasteiger partial charge in [0.15, 0.2) is 17.3 Å². The van der Waals surface area contributed by atoms with Crippen molar-refractivity contribution in [2.75, 3.05) is 5.32 Å². The van der Waals surface area contributed by atoms with E-state index < -0.39 is 23.4 Å². The molecule has 1 aliphatic rings. The molecule has 164 valence electrons. The van der Waals surface area contributed by atoms with Crippen LogP contribution in [0.3, 0.4) is 0 Å². The van der Waals surface area contributed by atoms with Crippen LogP contribution >= 0.6 is 0 Å². The number of benzene rings is 1. The van der Waals surface area contributed by atoms with Gasteiger partial charge in [-0.3, -0.25) is 4.98 Å². The maximum absolute atomic E-state index is 13.6. The van der Waals surface area contributed by atoms with Crippen LogP contribution in [-0.2, 0) is 0 Å². The zero-order valence-corrected chi connectivity index (χ0v) is 16.8. The van der Waals surface area contributed by atoms with Crippen molar-refractivity contribution < 1.29 is 13.9 Å². The number of H-pyrrole nitrogens is 2. The van der Waals surface area contributed by atoms with E-state index in [0.29, 0.717) is 22.0 Å². The average molecular weight is 440 g/mol. The molecule has 12 heteroatoms. The number of hydrogen-bond donors (Lipinski definition) is 4. The van der Waals surface area contributed by atoms with E-state index in [2.05, 4.69) is 35.3 Å². The first kappa shape index (κ1) is 19.8. The molecule has 1 atom stereocenters. The monoisotopic (exact) mass is 440 g/mol. The minimum Gasteiger partial charge on any atom is -0.493 e. The highest BCUT2D eigenvalue weighted by atomic mass is 19.2. The molecular weight excluding hydrogens is 422 g/mol. The molecule has 0 saturated heterocycles. The number of aromatic nitrogens is 6. The standard InChI is InChI=1S/C20H18F2N8O2/c1-9(10-2-5-13(21)14(22)6-10)24-18-27-16-11(7-15-17(31)28-20(32)26-15)8-23-30(16)19(29-18)25-12-3-4-12/h2,5-9,12,31H,3-4H2,1H3,(H,24,25,29)(H2,26,28,32). The van der Waals surface area contributed by atoms with Crippen LogP contribution in [0, 0.1) is 11.6 Å². The maximum atomic E-state index is 13.6. The molecule has 1 unspecified atom stereocenters. The summed E-state index contributed by atoms with van der Waals surface area (Å²) in [7, 11) is 0. The Kier molecular flexibility index (Phi) is 4.68. The normalized spacial score (nSPS) is 16.1. The first-order chi connectivity index (χ1) is 15.4. The number of nitrogens with one attached hydrogen (secondary N) is 3. The molecule has 0 spiro atoms. The second kappa shape index (κ2) is 7.55. The van der Waals surface area contributed by atoms with Gasteiger partial charge in [0.1, 0.15) is 5.69 Å². The minimum absolute atomic E-state index is 0.159. The number of nitrogens with zero attached hydrogens (tertiary/aromatic N) is 5. The zero-order valence-electron chi connectivity index (χ0n) is 16.8. The quantitative estimate of drug-likeness (QED) is 0.364. The third-order valence-electron chi connectivity index (χ3n) is 5.05. The van der Waals surface area contributed by atoms with Gasteiger partial charge in [-0.25, -0.2) is 18.6 Å². The van der Waals surface area contributed by atoms with E-state index in [-0.39, 0.29) is 23.6 Å². The van der Waals surface area contributed by atoms with Crippen LogP contribution in [-0.4, -0.2) is 40.7 Å². The Morgan fingerprint density at radius 2 is 2.09 bits per heavy atom. The Bertz CT molecular complexity index is 1500. The Morgan fingerprint density at radius 3 is 2.78 bits per heavy atom. The SMILES string of the molecule is CC(Nc1nc(=NC2CC2)n2ncc(=Cc3[nH]c(=O)[nH]c3O)c2n1)c1ccc(F)c(F)c1. The van der Waals surface area contributed by atoms with Crippen LogP contribution in [0.4, 0.5) is 14.7 Å². The van der Waals surface area contributed by atoms with Gasteiger partial charge in [0.25, 0.3) is 5.62 Å². The summed E-state index contributed by atoms with van der Waals surface area (Å²) < 4.78 is 28.4. The molecule has 0 bridgehead atoms. The topological polar surface area (TPSA) is 136 Å². The number of imidazole rings is 1. The molecule has 1 aromatic carbocycles. The maximum Gasteiger partial charge on any atom is 0.326 e. The third kappa shape index (κ3) is 3.82. The Morgan fingerprint density at radius 1 is 1.28 bits per heavy atom. The Balaban J connectivity index is 1.60. The van der Waals surface area contributed by atoms with E-state index in [9.17, 15) is 18.7 Å². The highest BCUT2D eigenvalue weighted by Crippen LogP contribution is 2.22. The van der Waals surface area contributed by atoms with Crippen molar-refractivity contribution in [1.82, 2.24) is 29.5 Å². The van der Waals surface area contributed by atoms with Gasteiger partial charge in [-0.2, -0.15) is 19.6 Å². The molecule has 1 fully saturated rings. The van der Waals surface area contributed by atoms with Crippen molar-refractivity contribution in [3.05, 3.63) is 68.6 Å². The molecule has 4 N–H and O–H groups in total. The zero-order chi connectivity index (χ0) is 22.4. The van der Waals surface area contributed by atoms with Crippen molar-refractivity contribution in [3.8, 4) is 5.88 Å². The van der Waals surface area contributed by atoms with Crippen LogP contribution in [0.1, 0.15) is 37.1 Å². The van der Waals surface area contributed by atoms with E-state index in [0.717, 1.165) is 25.0 Å². The summed E-state index contributed by atoms with van der Waals surface area (Å²) in [4.78, 5) is 29.7. The number of aromatic hydroxyl groups is 1. The fourth-order valence-corrected chi connectivity index (χ4v) is 3.20. The molecule has 0 radical (unpaired) electrons. The lowest BCUT2D eigenvalue weighted by Crippen LogP contribution is -2.25. The van der Waals surface area contributed by atoms with Gasteiger partial charge in [-0.05, 0) is 43.5 Å². The number of hydrogen-bond acceptors (Lipinski definition) is 7. The number of aromatic amines is 2. The molecule has 5 rings (SSSR count). The van der Waals surface area contributed by atoms with Crippen LogP contribution in [0.15, 0.2) is 34.2 Å². The van der Waals surface area contributed by atoms with Gasteiger partial charge in [0, 0.05) is 5.22 Å². The lowest BCUT2D eigenvalue weighted by atomic mass is 10.1. The van der Waals surface area contributed by atoms with Crippen LogP contribution in [0.25, 0.3) is 11.7 Å². The van der Waals surface area contributed by atoms with Gasteiger partial charge >= 0.3 is 5.69 Å². The summed E-state index contributed by atoms with van der Waals surface area (Å²) in [6.45, 7) is 1.77. The fourth-order valence-electron chi connectivity index (χ4n) is 3.20. The first-order valence-corrected chi connectivity index (χ1v) is 9.91. The summed E-state index contributed by atoms with van der Waals surface area (Å²) >= 11 is 0. The van der Waals surface area contributed by atoms with Crippen LogP contribution in [0.2, 0.25) is 0 Å². The molecule has 0 aliphatic heterocycles. The number of anilines is 1. The summed E-state index contributed by atoms with van der Waals surface area (Å²) in [6.07, 6.45) is 4.95. The number of rotatable bonds is 5. The van der Waals surface area contributed by atoms with E-state index in [1.807, 2.05) is 0 Å². The van der Waals surface area contributed by atoms with Crippen molar-refractivity contribution in [2.24, 2.45) is 4.99 Å². The second-order valence-corrected chi connectivity index (χ2v) is 7.57. The van der Waals surface area contributed by atoms with Gasteiger partial charge in [0.05, 0.1) is 18.3 Å². The van der Waals surface area contributed by atoms with Gasteiger partial charge in [-0.1, -0.05) is 6.07 Å². The van der Waals surface area contributed by atoms with E-state index in [4.69, 9.17) is 0 Å². The molecular formula is C20H18F2N8O2. The van der Waals surface area contributed by atoms with Gasteiger partial charge in [0.2, 0.25) is 11.8 Å². The summed E-state index contributed by atoms with van der Waals surface area (Å²) in [6, 6.07) is 3.39. The second-order valence-electron chi connectivity index (χ2n) is 7.57. The summed E-state index contributed by atoms with van der Waals surface area (Å²) in [5.74, 6) is -1.95. The molecule has 32 heavy (non-hydrogen) atoms. The van der Waals surface area contributed by atoms with Crippen LogP contribution in [0.5, 0.6) is 5.88 Å². The molecule has 4 aromatic rings. The molecule has 10 nitrogen and oxygen atoms in total. The molecule has 1 aliphatic carbocycles. The predicted octanol–water partition coefficient (Wildman–Crippen LogP) is 0.908. The van der Waals surface area contributed by atoms with E-state index >= 15 is 0 Å². The predicted molar refractivity (Wildman–Crippen MR) is 110 cm³/mol. The molecule has 3 heterocycles. The smallest absolute Gasteiger partial charge is 0.326 e. The molecule has 3 aromatic heterocycles. The minimum atomic E-state index is -0.940. The highest BCUT2D eigenvalue weighted by molar-refractivity contribution is 5.57. The van der Waals surface area contributed by atoms with Gasteiger partial charge in [-0.15, -0.1) is 0 Å². The number of fused-ring (bicyclic) bond motifs is 1. The van der Waals surface area contributed by atoms with E-state index in [1.54, 1.807) is 6.92 Å². The highest BCUT2D eigenvalue weighted by Gasteiger charge is 2.21. The molecule has 1 saturated carbocycles. The Hall–Kier alpha value is -4.09. The lowest BCUT2D eigenvalue weighted by Gasteiger charge is -2.14. The van der Waals surface area contributed by atoms with E-state index in [1.165, 1.54) is 22.9 Å². The van der Waals surface area contributed by atoms with Crippen molar-refractivity contribution in [1.29, 1.82) is 0 Å². The molecule has 0 amide bonds. The van der Waals surface area contributed by atoms with Crippen molar-refractivity contribution in [3.63, 3.8) is 0 Å². The Labute approximate surface area is 178 Å². The summed E-state index contributed by atoms with van der Waals surface area (Å²) in [5.41, 5.74) is 0.869. The van der Waals surface area contributed by atoms with Crippen LogP contribution < -0.4 is 21.8 Å². The first-order valence-electron chi connectivity index (χ1n) is 9.91. The lowest BCUT2D eigenvalue weighted by molar-refractivity contribution is 0.454. The largest absolute Gasteiger partial charge is 0.493 e. The third-order valence-corrected chi connectivity index (χ3v) is 5.05. The van der Waals surface area contributed by atoms with Crippen molar-refractivity contribution in [2.45, 2.75) is 31.8 Å². The number of halogens is 2. The fraction of sp³-hybridized carbons (Fsp3) is 0.250. The van der Waals surface area contributed by atoms with Gasteiger partial charge < -0.3 is 15.4 Å².